The molecule has 0 radical (unpaired) electrons. The molecule has 18 heavy (non-hydrogen) atoms. The molecule has 1 aromatic rings. The molecule has 0 unspecified atom stereocenters. The van der Waals surface area contributed by atoms with Gasteiger partial charge in [-0.25, -0.2) is 0 Å². The van der Waals surface area contributed by atoms with Crippen LogP contribution in [-0.2, 0) is 6.42 Å². The lowest BCUT2D eigenvalue weighted by Crippen LogP contribution is -2.00. The molecular formula is C18H30. The second-order valence-electron chi connectivity index (χ2n) is 5.56. The average Bonchev–Trinajstić information content (AvgIpc) is 2.37. The van der Waals surface area contributed by atoms with Gasteiger partial charge in [-0.1, -0.05) is 58.2 Å². The summed E-state index contributed by atoms with van der Waals surface area (Å²) in [6, 6.07) is 7.20. The standard InChI is InChI=1S/C18H30/c1-5-8-11-16-12-13-18(14-15(16)4)17(9-6-2)10-7-3/h12-14,17H,5-11H2,1-4H3. The van der Waals surface area contributed by atoms with Gasteiger partial charge in [0.25, 0.3) is 0 Å². The molecule has 0 saturated heterocycles. The third-order valence-electron chi connectivity index (χ3n) is 3.91. The van der Waals surface area contributed by atoms with Crippen LogP contribution in [0.1, 0.15) is 81.9 Å². The van der Waals surface area contributed by atoms with E-state index in [1.807, 2.05) is 0 Å². The van der Waals surface area contributed by atoms with Crippen LogP contribution in [0, 0.1) is 6.92 Å². The molecule has 0 aliphatic heterocycles. The van der Waals surface area contributed by atoms with Crippen molar-refractivity contribution in [3.8, 4) is 0 Å². The zero-order valence-corrected chi connectivity index (χ0v) is 12.8. The summed E-state index contributed by atoms with van der Waals surface area (Å²) >= 11 is 0. The van der Waals surface area contributed by atoms with Crippen LogP contribution < -0.4 is 0 Å². The molecule has 0 aliphatic rings. The first-order valence-electron chi connectivity index (χ1n) is 7.82. The van der Waals surface area contributed by atoms with Crippen molar-refractivity contribution in [2.24, 2.45) is 0 Å². The van der Waals surface area contributed by atoms with E-state index in [2.05, 4.69) is 45.9 Å². The van der Waals surface area contributed by atoms with Crippen molar-refractivity contribution < 1.29 is 0 Å². The molecular weight excluding hydrogens is 216 g/mol. The normalized spacial score (nSPS) is 11.2. The van der Waals surface area contributed by atoms with Crippen molar-refractivity contribution in [3.63, 3.8) is 0 Å². The summed E-state index contributed by atoms with van der Waals surface area (Å²) in [5.74, 6) is 0.777. The van der Waals surface area contributed by atoms with Crippen LogP contribution in [0.4, 0.5) is 0 Å². The summed E-state index contributed by atoms with van der Waals surface area (Å²) < 4.78 is 0. The Morgan fingerprint density at radius 3 is 2.11 bits per heavy atom. The molecule has 0 atom stereocenters. The Morgan fingerprint density at radius 2 is 1.61 bits per heavy atom. The minimum absolute atomic E-state index is 0.777. The van der Waals surface area contributed by atoms with Gasteiger partial charge in [-0.3, -0.25) is 0 Å². The second-order valence-corrected chi connectivity index (χ2v) is 5.56. The van der Waals surface area contributed by atoms with E-state index < -0.39 is 0 Å². The fraction of sp³-hybridized carbons (Fsp3) is 0.667. The lowest BCUT2D eigenvalue weighted by atomic mass is 9.88. The Morgan fingerprint density at radius 1 is 0.944 bits per heavy atom. The quantitative estimate of drug-likeness (QED) is 0.526. The van der Waals surface area contributed by atoms with Crippen molar-refractivity contribution in [3.05, 3.63) is 34.9 Å². The summed E-state index contributed by atoms with van der Waals surface area (Å²) in [5.41, 5.74) is 4.61. The molecule has 1 rings (SSSR count). The molecule has 0 amide bonds. The SMILES string of the molecule is CCCCc1ccc(C(CCC)CCC)cc1C. The predicted molar refractivity (Wildman–Crippen MR) is 82.3 cm³/mol. The highest BCUT2D eigenvalue weighted by atomic mass is 14.2. The zero-order chi connectivity index (χ0) is 13.4. The van der Waals surface area contributed by atoms with Gasteiger partial charge in [0.05, 0.1) is 0 Å². The molecule has 102 valence electrons. The van der Waals surface area contributed by atoms with Crippen molar-refractivity contribution in [2.75, 3.05) is 0 Å². The van der Waals surface area contributed by atoms with Gasteiger partial charge in [-0.05, 0) is 55.2 Å². The number of hydrogen-bond acceptors (Lipinski definition) is 0. The highest BCUT2D eigenvalue weighted by Crippen LogP contribution is 2.28. The van der Waals surface area contributed by atoms with Crippen molar-refractivity contribution >= 4 is 0 Å². The highest BCUT2D eigenvalue weighted by molar-refractivity contribution is 5.33. The highest BCUT2D eigenvalue weighted by Gasteiger charge is 2.10. The van der Waals surface area contributed by atoms with Crippen molar-refractivity contribution in [1.29, 1.82) is 0 Å². The van der Waals surface area contributed by atoms with E-state index in [1.54, 1.807) is 11.1 Å². The monoisotopic (exact) mass is 246 g/mol. The smallest absolute Gasteiger partial charge is 0.0162 e. The third-order valence-corrected chi connectivity index (χ3v) is 3.91. The van der Waals surface area contributed by atoms with Gasteiger partial charge in [0, 0.05) is 0 Å². The maximum Gasteiger partial charge on any atom is -0.0162 e. The second kappa shape index (κ2) is 8.34. The number of rotatable bonds is 8. The average molecular weight is 246 g/mol. The van der Waals surface area contributed by atoms with E-state index >= 15 is 0 Å². The molecule has 0 aromatic heterocycles. The topological polar surface area (TPSA) is 0 Å². The minimum Gasteiger partial charge on any atom is -0.0654 e. The molecule has 0 heteroatoms. The van der Waals surface area contributed by atoms with E-state index in [1.165, 1.54) is 50.5 Å². The fourth-order valence-electron chi connectivity index (χ4n) is 2.80. The van der Waals surface area contributed by atoms with Gasteiger partial charge in [0.2, 0.25) is 0 Å². The number of benzene rings is 1. The van der Waals surface area contributed by atoms with E-state index in [9.17, 15) is 0 Å². The summed E-state index contributed by atoms with van der Waals surface area (Å²) in [6.45, 7) is 9.14. The van der Waals surface area contributed by atoms with Crippen LogP contribution in [0.3, 0.4) is 0 Å². The van der Waals surface area contributed by atoms with Gasteiger partial charge in [0.15, 0.2) is 0 Å². The van der Waals surface area contributed by atoms with Gasteiger partial charge in [-0.2, -0.15) is 0 Å². The van der Waals surface area contributed by atoms with Crippen LogP contribution in [0.15, 0.2) is 18.2 Å². The maximum absolute atomic E-state index is 2.45. The van der Waals surface area contributed by atoms with Gasteiger partial charge in [0.1, 0.15) is 0 Å². The summed E-state index contributed by atoms with van der Waals surface area (Å²) in [6.07, 6.45) is 9.10. The Labute approximate surface area is 114 Å². The molecule has 0 bridgehead atoms. The van der Waals surface area contributed by atoms with Gasteiger partial charge < -0.3 is 0 Å². The number of hydrogen-bond donors (Lipinski definition) is 0. The first-order valence-corrected chi connectivity index (χ1v) is 7.82. The molecule has 0 spiro atoms. The first kappa shape index (κ1) is 15.3. The molecule has 0 aliphatic carbocycles. The van der Waals surface area contributed by atoms with Gasteiger partial charge in [-0.15, -0.1) is 0 Å². The molecule has 0 N–H and O–H groups in total. The molecule has 1 aromatic carbocycles. The van der Waals surface area contributed by atoms with E-state index in [0.29, 0.717) is 0 Å². The predicted octanol–water partition coefficient (Wildman–Crippen LogP) is 6.02. The van der Waals surface area contributed by atoms with E-state index in [-0.39, 0.29) is 0 Å². The third kappa shape index (κ3) is 4.48. The number of unbranched alkanes of at least 4 members (excludes halogenated alkanes) is 1. The minimum atomic E-state index is 0.777. The largest absolute Gasteiger partial charge is 0.0654 e. The molecule has 0 fully saturated rings. The van der Waals surface area contributed by atoms with Crippen LogP contribution in [-0.4, -0.2) is 0 Å². The summed E-state index contributed by atoms with van der Waals surface area (Å²) in [5, 5.41) is 0. The maximum atomic E-state index is 2.45. The lowest BCUT2D eigenvalue weighted by molar-refractivity contribution is 0.560. The zero-order valence-electron chi connectivity index (χ0n) is 12.8. The Kier molecular flexibility index (Phi) is 7.08. The lowest BCUT2D eigenvalue weighted by Gasteiger charge is -2.17. The van der Waals surface area contributed by atoms with Crippen LogP contribution in [0.5, 0.6) is 0 Å². The Balaban J connectivity index is 2.79. The van der Waals surface area contributed by atoms with Gasteiger partial charge >= 0.3 is 0 Å². The first-order chi connectivity index (χ1) is 8.72. The fourth-order valence-corrected chi connectivity index (χ4v) is 2.80. The Hall–Kier alpha value is -0.780. The van der Waals surface area contributed by atoms with Crippen molar-refractivity contribution in [2.45, 2.75) is 78.6 Å². The van der Waals surface area contributed by atoms with Crippen LogP contribution >= 0.6 is 0 Å². The molecule has 0 nitrogen and oxygen atoms in total. The van der Waals surface area contributed by atoms with E-state index in [0.717, 1.165) is 5.92 Å². The number of aryl methyl sites for hydroxylation is 2. The molecule has 0 saturated carbocycles. The molecule has 0 heterocycles. The summed E-state index contributed by atoms with van der Waals surface area (Å²) in [4.78, 5) is 0. The van der Waals surface area contributed by atoms with Crippen LogP contribution in [0.25, 0.3) is 0 Å². The van der Waals surface area contributed by atoms with Crippen molar-refractivity contribution in [1.82, 2.24) is 0 Å². The summed E-state index contributed by atoms with van der Waals surface area (Å²) in [7, 11) is 0. The van der Waals surface area contributed by atoms with Crippen LogP contribution in [0.2, 0.25) is 0 Å². The van der Waals surface area contributed by atoms with E-state index in [4.69, 9.17) is 0 Å². The Bertz CT molecular complexity index is 332.